The Labute approximate surface area is 189 Å². The van der Waals surface area contributed by atoms with Gasteiger partial charge in [0.05, 0.1) is 11.4 Å². The molecule has 154 valence electrons. The number of halogens is 1. The first-order valence-corrected chi connectivity index (χ1v) is 11.8. The van der Waals surface area contributed by atoms with E-state index in [1.165, 1.54) is 11.8 Å². The van der Waals surface area contributed by atoms with Crippen LogP contribution in [-0.4, -0.2) is 26.4 Å². The highest BCUT2D eigenvalue weighted by Gasteiger charge is 2.30. The summed E-state index contributed by atoms with van der Waals surface area (Å²) in [5.74, 6) is 1.69. The molecular weight excluding hydrogens is 436 g/mol. The molecule has 0 unspecified atom stereocenters. The van der Waals surface area contributed by atoms with E-state index < -0.39 is 0 Å². The van der Waals surface area contributed by atoms with E-state index in [4.69, 9.17) is 11.6 Å². The van der Waals surface area contributed by atoms with Crippen LogP contribution in [0, 0.1) is 0 Å². The van der Waals surface area contributed by atoms with Crippen LogP contribution in [0.2, 0.25) is 5.02 Å². The molecule has 0 spiro atoms. The van der Waals surface area contributed by atoms with E-state index in [1.54, 1.807) is 11.8 Å². The van der Waals surface area contributed by atoms with Gasteiger partial charge in [-0.1, -0.05) is 53.3 Å². The third-order valence-electron chi connectivity index (χ3n) is 4.53. The Balaban J connectivity index is 1.40. The number of anilines is 1. The zero-order chi connectivity index (χ0) is 20.9. The summed E-state index contributed by atoms with van der Waals surface area (Å²) in [5, 5.41) is 13.1. The van der Waals surface area contributed by atoms with Crippen molar-refractivity contribution in [3.8, 4) is 0 Å². The average molecular weight is 457 g/mol. The second kappa shape index (κ2) is 9.73. The Morgan fingerprint density at radius 3 is 2.70 bits per heavy atom. The van der Waals surface area contributed by atoms with Crippen molar-refractivity contribution in [1.82, 2.24) is 14.8 Å². The highest BCUT2D eigenvalue weighted by molar-refractivity contribution is 8.00. The molecular formula is C22H21ClN4OS2. The molecule has 1 heterocycles. The molecule has 1 N–H and O–H groups in total. The largest absolute Gasteiger partial charge is 0.324 e. The Morgan fingerprint density at radius 1 is 1.20 bits per heavy atom. The number of rotatable bonds is 9. The molecule has 0 bridgehead atoms. The molecule has 30 heavy (non-hydrogen) atoms. The average Bonchev–Trinajstić information content (AvgIpc) is 3.51. The van der Waals surface area contributed by atoms with E-state index in [2.05, 4.69) is 26.7 Å². The number of aromatic nitrogens is 3. The molecule has 4 rings (SSSR count). The van der Waals surface area contributed by atoms with Crippen LogP contribution >= 0.6 is 35.1 Å². The number of carbonyl (C=O) groups is 1. The van der Waals surface area contributed by atoms with Crippen LogP contribution in [0.5, 0.6) is 0 Å². The highest BCUT2D eigenvalue weighted by atomic mass is 35.5. The zero-order valence-corrected chi connectivity index (χ0v) is 18.6. The molecule has 1 aliphatic rings. The number of allylic oxidation sites excluding steroid dienone is 1. The summed E-state index contributed by atoms with van der Waals surface area (Å²) in [6.07, 6.45) is 4.15. The van der Waals surface area contributed by atoms with Gasteiger partial charge in [-0.3, -0.25) is 4.79 Å². The van der Waals surface area contributed by atoms with Crippen molar-refractivity contribution in [1.29, 1.82) is 0 Å². The molecule has 0 saturated heterocycles. The van der Waals surface area contributed by atoms with Crippen molar-refractivity contribution in [2.75, 3.05) is 11.1 Å². The number of carbonyl (C=O) groups excluding carboxylic acids is 1. The first-order valence-electron chi connectivity index (χ1n) is 9.63. The van der Waals surface area contributed by atoms with Gasteiger partial charge in [0.2, 0.25) is 5.91 Å². The van der Waals surface area contributed by atoms with E-state index in [9.17, 15) is 4.79 Å². The molecule has 3 aromatic rings. The van der Waals surface area contributed by atoms with Gasteiger partial charge in [0.25, 0.3) is 0 Å². The quantitative estimate of drug-likeness (QED) is 0.322. The molecule has 5 nitrogen and oxygen atoms in total. The van der Waals surface area contributed by atoms with Crippen LogP contribution < -0.4 is 5.32 Å². The minimum absolute atomic E-state index is 0.0784. The van der Waals surface area contributed by atoms with Crippen molar-refractivity contribution in [2.45, 2.75) is 40.3 Å². The van der Waals surface area contributed by atoms with E-state index >= 15 is 0 Å². The van der Waals surface area contributed by atoms with Crippen LogP contribution in [-0.2, 0) is 11.3 Å². The number of amides is 1. The SMILES string of the molecule is C=CCn1c(SCC(=O)Nc2ccccc2Sc2ccc(Cl)cc2)nnc1C1CC1. The molecule has 1 amide bonds. The van der Waals surface area contributed by atoms with Gasteiger partial charge in [0.1, 0.15) is 5.82 Å². The predicted molar refractivity (Wildman–Crippen MR) is 124 cm³/mol. The summed E-state index contributed by atoms with van der Waals surface area (Å²) in [5.41, 5.74) is 0.786. The number of para-hydroxylation sites is 1. The van der Waals surface area contributed by atoms with E-state index in [1.807, 2.05) is 54.6 Å². The first kappa shape index (κ1) is 21.0. The molecule has 1 fully saturated rings. The zero-order valence-electron chi connectivity index (χ0n) is 16.3. The second-order valence-electron chi connectivity index (χ2n) is 6.90. The second-order valence-corrected chi connectivity index (χ2v) is 9.40. The van der Waals surface area contributed by atoms with Crippen LogP contribution in [0.25, 0.3) is 0 Å². The minimum atomic E-state index is -0.0784. The maximum absolute atomic E-state index is 12.6. The lowest BCUT2D eigenvalue weighted by molar-refractivity contribution is -0.113. The lowest BCUT2D eigenvalue weighted by Crippen LogP contribution is -2.15. The summed E-state index contributed by atoms with van der Waals surface area (Å²) in [7, 11) is 0. The van der Waals surface area contributed by atoms with Gasteiger partial charge >= 0.3 is 0 Å². The van der Waals surface area contributed by atoms with Gasteiger partial charge in [-0.15, -0.1) is 16.8 Å². The van der Waals surface area contributed by atoms with Gasteiger partial charge in [-0.05, 0) is 49.2 Å². The number of thioether (sulfide) groups is 1. The Bertz CT molecular complexity index is 1050. The molecule has 2 aromatic carbocycles. The van der Waals surface area contributed by atoms with Gasteiger partial charge < -0.3 is 9.88 Å². The summed E-state index contributed by atoms with van der Waals surface area (Å²) >= 11 is 8.95. The van der Waals surface area contributed by atoms with E-state index in [0.717, 1.165) is 39.3 Å². The Morgan fingerprint density at radius 2 is 1.97 bits per heavy atom. The molecule has 0 radical (unpaired) electrons. The monoisotopic (exact) mass is 456 g/mol. The smallest absolute Gasteiger partial charge is 0.234 e. The van der Waals surface area contributed by atoms with Crippen molar-refractivity contribution in [2.24, 2.45) is 0 Å². The first-order chi connectivity index (χ1) is 14.6. The summed E-state index contributed by atoms with van der Waals surface area (Å²) in [6, 6.07) is 15.4. The summed E-state index contributed by atoms with van der Waals surface area (Å²) in [4.78, 5) is 14.7. The molecule has 1 aromatic heterocycles. The van der Waals surface area contributed by atoms with Crippen molar-refractivity contribution >= 4 is 46.7 Å². The van der Waals surface area contributed by atoms with Crippen LogP contribution in [0.4, 0.5) is 5.69 Å². The number of nitrogens with zero attached hydrogens (tertiary/aromatic N) is 3. The van der Waals surface area contributed by atoms with Crippen molar-refractivity contribution in [3.63, 3.8) is 0 Å². The predicted octanol–water partition coefficient (Wildman–Crippen LogP) is 5.88. The van der Waals surface area contributed by atoms with E-state index in [0.29, 0.717) is 17.5 Å². The van der Waals surface area contributed by atoms with Gasteiger partial charge in [0.15, 0.2) is 5.16 Å². The number of hydrogen-bond acceptors (Lipinski definition) is 5. The fraction of sp³-hybridized carbons (Fsp3) is 0.227. The standard InChI is InChI=1S/C22H21ClN4OS2/c1-2-13-27-21(15-7-8-15)25-26-22(27)29-14-20(28)24-18-5-3-4-6-19(18)30-17-11-9-16(23)10-12-17/h2-6,9-12,15H,1,7-8,13-14H2,(H,24,28). The van der Waals surface area contributed by atoms with Gasteiger partial charge in [-0.2, -0.15) is 0 Å². The highest BCUT2D eigenvalue weighted by Crippen LogP contribution is 2.40. The summed E-state index contributed by atoms with van der Waals surface area (Å²) in [6.45, 7) is 4.48. The maximum atomic E-state index is 12.6. The van der Waals surface area contributed by atoms with Gasteiger partial charge in [-0.25, -0.2) is 0 Å². The molecule has 0 aliphatic heterocycles. The van der Waals surface area contributed by atoms with Gasteiger partial charge in [0, 0.05) is 27.3 Å². The summed E-state index contributed by atoms with van der Waals surface area (Å²) < 4.78 is 2.06. The lowest BCUT2D eigenvalue weighted by atomic mass is 10.3. The normalized spacial score (nSPS) is 13.2. The van der Waals surface area contributed by atoms with Crippen molar-refractivity contribution in [3.05, 3.63) is 72.0 Å². The topological polar surface area (TPSA) is 59.8 Å². The number of nitrogens with one attached hydrogen (secondary N) is 1. The van der Waals surface area contributed by atoms with Crippen LogP contribution in [0.3, 0.4) is 0 Å². The van der Waals surface area contributed by atoms with Crippen LogP contribution in [0.15, 0.2) is 76.1 Å². The molecule has 1 saturated carbocycles. The lowest BCUT2D eigenvalue weighted by Gasteiger charge is -2.11. The van der Waals surface area contributed by atoms with E-state index in [-0.39, 0.29) is 11.7 Å². The Kier molecular flexibility index (Phi) is 6.82. The minimum Gasteiger partial charge on any atom is -0.324 e. The fourth-order valence-corrected chi connectivity index (χ4v) is 4.74. The maximum Gasteiger partial charge on any atom is 0.234 e. The third-order valence-corrected chi connectivity index (χ3v) is 6.84. The molecule has 8 heteroatoms. The molecule has 1 aliphatic carbocycles. The van der Waals surface area contributed by atoms with Crippen molar-refractivity contribution < 1.29 is 4.79 Å². The number of hydrogen-bond donors (Lipinski definition) is 1. The van der Waals surface area contributed by atoms with Crippen LogP contribution in [0.1, 0.15) is 24.6 Å². The number of benzene rings is 2. The molecule has 0 atom stereocenters. The fourth-order valence-electron chi connectivity index (χ4n) is 2.96. The third kappa shape index (κ3) is 5.28. The Hall–Kier alpha value is -2.22.